The number of carbonyl (C=O) groups excluding carboxylic acids is 1. The molecule has 0 saturated heterocycles. The Balaban J connectivity index is 1.52. The highest BCUT2D eigenvalue weighted by atomic mass is 16.5. The SMILES string of the molecule is O=C1c2cccnc2OC2(CCCC2)CN1CCOc1ccccc1. The van der Waals surface area contributed by atoms with Gasteiger partial charge in [0.05, 0.1) is 13.1 Å². The molecular formula is C20H22N2O3. The molecule has 0 unspecified atom stereocenters. The van der Waals surface area contributed by atoms with E-state index in [0.29, 0.717) is 31.1 Å². The van der Waals surface area contributed by atoms with E-state index in [1.54, 1.807) is 18.3 Å². The van der Waals surface area contributed by atoms with E-state index in [4.69, 9.17) is 9.47 Å². The maximum Gasteiger partial charge on any atom is 0.259 e. The highest BCUT2D eigenvalue weighted by Gasteiger charge is 2.43. The fraction of sp³-hybridized carbons (Fsp3) is 0.400. The van der Waals surface area contributed by atoms with Gasteiger partial charge in [-0.3, -0.25) is 4.79 Å². The number of rotatable bonds is 4. The second-order valence-electron chi connectivity index (χ2n) is 6.74. The summed E-state index contributed by atoms with van der Waals surface area (Å²) in [5.74, 6) is 1.27. The van der Waals surface area contributed by atoms with Crippen molar-refractivity contribution in [2.24, 2.45) is 0 Å². The number of carbonyl (C=O) groups is 1. The zero-order valence-electron chi connectivity index (χ0n) is 14.2. The van der Waals surface area contributed by atoms with Gasteiger partial charge in [-0.1, -0.05) is 18.2 Å². The summed E-state index contributed by atoms with van der Waals surface area (Å²) in [7, 11) is 0. The minimum absolute atomic E-state index is 0.0245. The fourth-order valence-electron chi connectivity index (χ4n) is 3.71. The van der Waals surface area contributed by atoms with Crippen molar-refractivity contribution in [3.8, 4) is 11.6 Å². The molecule has 2 aromatic rings. The van der Waals surface area contributed by atoms with Crippen molar-refractivity contribution in [2.45, 2.75) is 31.3 Å². The van der Waals surface area contributed by atoms with Crippen molar-refractivity contribution in [3.63, 3.8) is 0 Å². The van der Waals surface area contributed by atoms with Gasteiger partial charge in [-0.2, -0.15) is 0 Å². The van der Waals surface area contributed by atoms with Gasteiger partial charge >= 0.3 is 0 Å². The number of fused-ring (bicyclic) bond motifs is 1. The van der Waals surface area contributed by atoms with Crippen LogP contribution in [0.15, 0.2) is 48.7 Å². The van der Waals surface area contributed by atoms with Crippen molar-refractivity contribution < 1.29 is 14.3 Å². The Kier molecular flexibility index (Phi) is 4.30. The van der Waals surface area contributed by atoms with Crippen molar-refractivity contribution in [3.05, 3.63) is 54.2 Å². The van der Waals surface area contributed by atoms with Crippen molar-refractivity contribution >= 4 is 5.91 Å². The molecule has 5 nitrogen and oxygen atoms in total. The van der Waals surface area contributed by atoms with Crippen LogP contribution in [-0.4, -0.2) is 41.1 Å². The number of hydrogen-bond donors (Lipinski definition) is 0. The van der Waals surface area contributed by atoms with E-state index in [2.05, 4.69) is 4.98 Å². The van der Waals surface area contributed by atoms with Crippen LogP contribution in [-0.2, 0) is 0 Å². The molecule has 5 heteroatoms. The molecule has 1 aromatic carbocycles. The maximum absolute atomic E-state index is 13.0. The van der Waals surface area contributed by atoms with Crippen LogP contribution in [0.5, 0.6) is 11.6 Å². The van der Waals surface area contributed by atoms with Crippen LogP contribution in [0.4, 0.5) is 0 Å². The number of ether oxygens (including phenoxy) is 2. The molecule has 1 aliphatic heterocycles. The van der Waals surface area contributed by atoms with Gasteiger partial charge in [0.1, 0.15) is 23.5 Å². The molecule has 1 amide bonds. The Morgan fingerprint density at radius 3 is 2.72 bits per heavy atom. The Labute approximate surface area is 147 Å². The molecule has 1 saturated carbocycles. The highest BCUT2D eigenvalue weighted by molar-refractivity contribution is 5.96. The Bertz CT molecular complexity index is 742. The first-order valence-electron chi connectivity index (χ1n) is 8.87. The molecule has 25 heavy (non-hydrogen) atoms. The van der Waals surface area contributed by atoms with Crippen molar-refractivity contribution in [2.75, 3.05) is 19.7 Å². The third-order valence-electron chi connectivity index (χ3n) is 4.97. The van der Waals surface area contributed by atoms with E-state index >= 15 is 0 Å². The first kappa shape index (κ1) is 15.9. The summed E-state index contributed by atoms with van der Waals surface area (Å²) in [6.45, 7) is 1.59. The smallest absolute Gasteiger partial charge is 0.259 e. The number of aromatic nitrogens is 1. The van der Waals surface area contributed by atoms with Gasteiger partial charge in [-0.25, -0.2) is 4.98 Å². The summed E-state index contributed by atoms with van der Waals surface area (Å²) in [5.41, 5.74) is 0.244. The Morgan fingerprint density at radius 1 is 1.12 bits per heavy atom. The second kappa shape index (κ2) is 6.75. The maximum atomic E-state index is 13.0. The lowest BCUT2D eigenvalue weighted by Gasteiger charge is -2.32. The predicted octanol–water partition coefficient (Wildman–Crippen LogP) is 3.31. The van der Waals surface area contributed by atoms with E-state index in [9.17, 15) is 4.79 Å². The molecule has 130 valence electrons. The van der Waals surface area contributed by atoms with E-state index in [-0.39, 0.29) is 11.5 Å². The van der Waals surface area contributed by atoms with Gasteiger partial charge in [0.25, 0.3) is 5.91 Å². The fourth-order valence-corrected chi connectivity index (χ4v) is 3.71. The number of pyridine rings is 1. The molecule has 1 spiro atoms. The average Bonchev–Trinajstić information content (AvgIpc) is 3.05. The zero-order chi connectivity index (χ0) is 17.1. The molecule has 1 aromatic heterocycles. The number of hydrogen-bond acceptors (Lipinski definition) is 4. The van der Waals surface area contributed by atoms with Gasteiger partial charge in [-0.05, 0) is 49.9 Å². The second-order valence-corrected chi connectivity index (χ2v) is 6.74. The summed E-state index contributed by atoms with van der Waals surface area (Å²) < 4.78 is 12.0. The largest absolute Gasteiger partial charge is 0.492 e. The van der Waals surface area contributed by atoms with Crippen LogP contribution in [0.25, 0.3) is 0 Å². The Morgan fingerprint density at radius 2 is 1.92 bits per heavy atom. The number of amides is 1. The van der Waals surface area contributed by atoms with Crippen LogP contribution in [0.3, 0.4) is 0 Å². The van der Waals surface area contributed by atoms with Crippen LogP contribution in [0.1, 0.15) is 36.0 Å². The highest BCUT2D eigenvalue weighted by Crippen LogP contribution is 2.38. The normalized spacial score (nSPS) is 18.6. The lowest BCUT2D eigenvalue weighted by atomic mass is 10.0. The molecule has 1 fully saturated rings. The number of benzene rings is 1. The number of nitrogens with zero attached hydrogens (tertiary/aromatic N) is 2. The van der Waals surface area contributed by atoms with Crippen LogP contribution < -0.4 is 9.47 Å². The molecule has 0 radical (unpaired) electrons. The number of para-hydroxylation sites is 1. The van der Waals surface area contributed by atoms with Crippen molar-refractivity contribution in [1.29, 1.82) is 0 Å². The molecule has 4 rings (SSSR count). The molecular weight excluding hydrogens is 316 g/mol. The van der Waals surface area contributed by atoms with Gasteiger partial charge in [0.2, 0.25) is 5.88 Å². The van der Waals surface area contributed by atoms with Gasteiger partial charge < -0.3 is 14.4 Å². The summed E-state index contributed by atoms with van der Waals surface area (Å²) >= 11 is 0. The molecule has 2 heterocycles. The third-order valence-corrected chi connectivity index (χ3v) is 4.97. The minimum atomic E-state index is -0.304. The first-order valence-corrected chi connectivity index (χ1v) is 8.87. The topological polar surface area (TPSA) is 51.7 Å². The lowest BCUT2D eigenvalue weighted by Crippen LogP contribution is -2.46. The van der Waals surface area contributed by atoms with Gasteiger partial charge in [-0.15, -0.1) is 0 Å². The Hall–Kier alpha value is -2.56. The minimum Gasteiger partial charge on any atom is -0.492 e. The van der Waals surface area contributed by atoms with Crippen LogP contribution in [0, 0.1) is 0 Å². The van der Waals surface area contributed by atoms with Gasteiger partial charge in [0, 0.05) is 6.20 Å². The summed E-state index contributed by atoms with van der Waals surface area (Å²) in [6.07, 6.45) is 5.87. The quantitative estimate of drug-likeness (QED) is 0.858. The average molecular weight is 338 g/mol. The lowest BCUT2D eigenvalue weighted by molar-refractivity contribution is 0.0329. The third kappa shape index (κ3) is 3.31. The standard InChI is InChI=1S/C20H22N2O3/c23-19-17-9-6-12-21-18(17)25-20(10-4-5-11-20)15-22(19)13-14-24-16-7-2-1-3-8-16/h1-3,6-9,12H,4-5,10-11,13-15H2. The monoisotopic (exact) mass is 338 g/mol. The van der Waals surface area contributed by atoms with Crippen LogP contribution >= 0.6 is 0 Å². The van der Waals surface area contributed by atoms with Crippen molar-refractivity contribution in [1.82, 2.24) is 9.88 Å². The summed E-state index contributed by atoms with van der Waals surface area (Å²) in [5, 5.41) is 0. The molecule has 0 atom stereocenters. The predicted molar refractivity (Wildman–Crippen MR) is 93.9 cm³/mol. The summed E-state index contributed by atoms with van der Waals surface area (Å²) in [6, 6.07) is 13.3. The summed E-state index contributed by atoms with van der Waals surface area (Å²) in [4.78, 5) is 19.1. The van der Waals surface area contributed by atoms with Gasteiger partial charge in [0.15, 0.2) is 0 Å². The van der Waals surface area contributed by atoms with Crippen LogP contribution in [0.2, 0.25) is 0 Å². The van der Waals surface area contributed by atoms with E-state index in [0.717, 1.165) is 31.4 Å². The molecule has 0 N–H and O–H groups in total. The molecule has 2 aliphatic rings. The zero-order valence-corrected chi connectivity index (χ0v) is 14.2. The van der Waals surface area contributed by atoms with E-state index in [1.165, 1.54) is 0 Å². The van der Waals surface area contributed by atoms with E-state index in [1.807, 2.05) is 35.2 Å². The van der Waals surface area contributed by atoms with E-state index < -0.39 is 0 Å². The first-order chi connectivity index (χ1) is 12.3. The molecule has 1 aliphatic carbocycles. The molecule has 0 bridgehead atoms.